The number of carbonyl (C=O) groups excluding carboxylic acids is 1. The minimum Gasteiger partial charge on any atom is -0.351 e. The SMILES string of the molecule is O=C(/C=C/c1cc(F)ccc1F)NCCn1nc(-c2cnccn2)cc1C1CC1. The van der Waals surface area contributed by atoms with Crippen LogP contribution in [0.15, 0.2) is 48.9 Å². The highest BCUT2D eigenvalue weighted by atomic mass is 19.1. The summed E-state index contributed by atoms with van der Waals surface area (Å²) in [4.78, 5) is 20.4. The monoisotopic (exact) mass is 395 g/mol. The van der Waals surface area contributed by atoms with Crippen molar-refractivity contribution in [1.29, 1.82) is 0 Å². The molecule has 1 aliphatic rings. The van der Waals surface area contributed by atoms with E-state index in [1.165, 1.54) is 12.2 Å². The Balaban J connectivity index is 1.38. The molecule has 0 atom stereocenters. The van der Waals surface area contributed by atoms with Gasteiger partial charge in [0.05, 0.1) is 12.7 Å². The summed E-state index contributed by atoms with van der Waals surface area (Å²) in [6.07, 6.45) is 9.60. The Bertz CT molecular complexity index is 1040. The molecule has 4 rings (SSSR count). The zero-order valence-electron chi connectivity index (χ0n) is 15.6. The zero-order valence-corrected chi connectivity index (χ0v) is 15.6. The van der Waals surface area contributed by atoms with Crippen molar-refractivity contribution in [2.24, 2.45) is 0 Å². The zero-order chi connectivity index (χ0) is 20.2. The molecule has 1 aromatic carbocycles. The molecule has 1 aliphatic carbocycles. The standard InChI is InChI=1S/C21H19F2N5O/c22-16-4-5-17(23)15(11-16)3-6-21(29)26-9-10-28-20(14-1-2-14)12-18(27-28)19-13-24-7-8-25-19/h3-8,11-14H,1-2,9-10H2,(H,26,29)/b6-3+. The van der Waals surface area contributed by atoms with Crippen LogP contribution in [-0.2, 0) is 11.3 Å². The Morgan fingerprint density at radius 2 is 2.07 bits per heavy atom. The average molecular weight is 395 g/mol. The molecule has 29 heavy (non-hydrogen) atoms. The van der Waals surface area contributed by atoms with Crippen LogP contribution in [0.1, 0.15) is 30.0 Å². The van der Waals surface area contributed by atoms with Gasteiger partial charge >= 0.3 is 0 Å². The molecule has 0 radical (unpaired) electrons. The first-order valence-electron chi connectivity index (χ1n) is 9.35. The van der Waals surface area contributed by atoms with Gasteiger partial charge in [0.25, 0.3) is 0 Å². The first kappa shape index (κ1) is 18.9. The van der Waals surface area contributed by atoms with Gasteiger partial charge in [-0.15, -0.1) is 0 Å². The Hall–Kier alpha value is -3.42. The first-order chi connectivity index (χ1) is 14.1. The van der Waals surface area contributed by atoms with E-state index in [1.807, 2.05) is 10.7 Å². The number of nitrogens with one attached hydrogen (secondary N) is 1. The molecule has 3 aromatic rings. The first-order valence-corrected chi connectivity index (χ1v) is 9.35. The van der Waals surface area contributed by atoms with Crippen molar-refractivity contribution in [3.63, 3.8) is 0 Å². The van der Waals surface area contributed by atoms with Gasteiger partial charge in [0, 0.05) is 42.2 Å². The van der Waals surface area contributed by atoms with Crippen molar-refractivity contribution < 1.29 is 13.6 Å². The maximum Gasteiger partial charge on any atom is 0.244 e. The molecular weight excluding hydrogens is 376 g/mol. The molecular formula is C21H19F2N5O. The number of hydrogen-bond acceptors (Lipinski definition) is 4. The lowest BCUT2D eigenvalue weighted by Crippen LogP contribution is -2.26. The predicted octanol–water partition coefficient (Wildman–Crippen LogP) is 3.33. The molecule has 0 unspecified atom stereocenters. The summed E-state index contributed by atoms with van der Waals surface area (Å²) in [5, 5.41) is 7.35. The molecule has 0 spiro atoms. The van der Waals surface area contributed by atoms with Crippen LogP contribution < -0.4 is 5.32 Å². The van der Waals surface area contributed by atoms with Crippen LogP contribution in [0.3, 0.4) is 0 Å². The number of carbonyl (C=O) groups is 1. The Labute approximate surface area is 166 Å². The van der Waals surface area contributed by atoms with Crippen LogP contribution in [0.5, 0.6) is 0 Å². The van der Waals surface area contributed by atoms with E-state index in [9.17, 15) is 13.6 Å². The maximum absolute atomic E-state index is 13.6. The lowest BCUT2D eigenvalue weighted by molar-refractivity contribution is -0.116. The summed E-state index contributed by atoms with van der Waals surface area (Å²) in [5.74, 6) is -1.04. The normalized spacial score (nSPS) is 13.7. The topological polar surface area (TPSA) is 72.7 Å². The van der Waals surface area contributed by atoms with Gasteiger partial charge in [-0.1, -0.05) is 0 Å². The van der Waals surface area contributed by atoms with Crippen LogP contribution in [0.4, 0.5) is 8.78 Å². The third kappa shape index (κ3) is 4.71. The summed E-state index contributed by atoms with van der Waals surface area (Å²) in [5.41, 5.74) is 2.61. The maximum atomic E-state index is 13.6. The summed E-state index contributed by atoms with van der Waals surface area (Å²) >= 11 is 0. The number of halogens is 2. The molecule has 6 nitrogen and oxygen atoms in total. The highest BCUT2D eigenvalue weighted by Crippen LogP contribution is 2.41. The third-order valence-electron chi connectivity index (χ3n) is 4.63. The molecule has 1 saturated carbocycles. The number of nitrogens with zero attached hydrogens (tertiary/aromatic N) is 4. The molecule has 2 heterocycles. The van der Waals surface area contributed by atoms with E-state index in [0.29, 0.717) is 24.7 Å². The highest BCUT2D eigenvalue weighted by molar-refractivity contribution is 5.91. The van der Waals surface area contributed by atoms with E-state index in [0.717, 1.165) is 42.4 Å². The Morgan fingerprint density at radius 1 is 1.21 bits per heavy atom. The van der Waals surface area contributed by atoms with E-state index < -0.39 is 11.6 Å². The highest BCUT2D eigenvalue weighted by Gasteiger charge is 2.28. The quantitative estimate of drug-likeness (QED) is 0.623. The van der Waals surface area contributed by atoms with E-state index in [4.69, 9.17) is 0 Å². The van der Waals surface area contributed by atoms with Crippen LogP contribution in [0.25, 0.3) is 17.5 Å². The third-order valence-corrected chi connectivity index (χ3v) is 4.63. The Kier molecular flexibility index (Phi) is 5.41. The van der Waals surface area contributed by atoms with Crippen molar-refractivity contribution in [2.75, 3.05) is 6.54 Å². The second-order valence-corrected chi connectivity index (χ2v) is 6.83. The summed E-state index contributed by atoms with van der Waals surface area (Å²) in [6.45, 7) is 0.857. The van der Waals surface area contributed by atoms with Crippen molar-refractivity contribution in [1.82, 2.24) is 25.1 Å². The van der Waals surface area contributed by atoms with E-state index in [1.54, 1.807) is 18.6 Å². The average Bonchev–Trinajstić information content (AvgIpc) is 3.49. The van der Waals surface area contributed by atoms with E-state index >= 15 is 0 Å². The van der Waals surface area contributed by atoms with Crippen LogP contribution in [-0.4, -0.2) is 32.2 Å². The fraction of sp³-hybridized carbons (Fsp3) is 0.238. The number of amides is 1. The van der Waals surface area contributed by atoms with Crippen molar-refractivity contribution in [2.45, 2.75) is 25.3 Å². The van der Waals surface area contributed by atoms with Crippen LogP contribution in [0, 0.1) is 11.6 Å². The van der Waals surface area contributed by atoms with Gasteiger partial charge in [-0.25, -0.2) is 8.78 Å². The molecule has 0 saturated heterocycles. The number of hydrogen-bond donors (Lipinski definition) is 1. The van der Waals surface area contributed by atoms with Gasteiger partial charge in [-0.2, -0.15) is 5.10 Å². The lowest BCUT2D eigenvalue weighted by Gasteiger charge is -2.07. The number of benzene rings is 1. The molecule has 1 amide bonds. The lowest BCUT2D eigenvalue weighted by atomic mass is 10.2. The molecule has 0 aliphatic heterocycles. The number of aromatic nitrogens is 4. The van der Waals surface area contributed by atoms with Gasteiger partial charge in [0.2, 0.25) is 5.91 Å². The van der Waals surface area contributed by atoms with Crippen LogP contribution in [0.2, 0.25) is 0 Å². The fourth-order valence-electron chi connectivity index (χ4n) is 3.03. The predicted molar refractivity (Wildman–Crippen MR) is 104 cm³/mol. The van der Waals surface area contributed by atoms with E-state index in [-0.39, 0.29) is 11.5 Å². The molecule has 0 bridgehead atoms. The fourth-order valence-corrected chi connectivity index (χ4v) is 3.03. The molecule has 1 N–H and O–H groups in total. The number of rotatable bonds is 7. The van der Waals surface area contributed by atoms with E-state index in [2.05, 4.69) is 20.4 Å². The Morgan fingerprint density at radius 3 is 2.83 bits per heavy atom. The van der Waals surface area contributed by atoms with Crippen molar-refractivity contribution >= 4 is 12.0 Å². The minimum atomic E-state index is -0.586. The summed E-state index contributed by atoms with van der Waals surface area (Å²) in [7, 11) is 0. The second kappa shape index (κ2) is 8.30. The van der Waals surface area contributed by atoms with Crippen molar-refractivity contribution in [3.05, 3.63) is 71.8 Å². The van der Waals surface area contributed by atoms with Gasteiger partial charge in [0.1, 0.15) is 23.0 Å². The van der Waals surface area contributed by atoms with Gasteiger partial charge in [-0.05, 0) is 43.2 Å². The minimum absolute atomic E-state index is 0.0249. The largest absolute Gasteiger partial charge is 0.351 e. The van der Waals surface area contributed by atoms with Crippen LogP contribution >= 0.6 is 0 Å². The van der Waals surface area contributed by atoms with Gasteiger partial charge in [-0.3, -0.25) is 19.4 Å². The summed E-state index contributed by atoms with van der Waals surface area (Å²) < 4.78 is 28.7. The molecule has 148 valence electrons. The van der Waals surface area contributed by atoms with Gasteiger partial charge in [0.15, 0.2) is 0 Å². The molecule has 8 heteroatoms. The summed E-state index contributed by atoms with van der Waals surface area (Å²) in [6, 6.07) is 5.12. The smallest absolute Gasteiger partial charge is 0.244 e. The molecule has 1 fully saturated rings. The second-order valence-electron chi connectivity index (χ2n) is 6.83. The van der Waals surface area contributed by atoms with Gasteiger partial charge < -0.3 is 5.32 Å². The van der Waals surface area contributed by atoms with Crippen molar-refractivity contribution in [3.8, 4) is 11.4 Å². The molecule has 2 aromatic heterocycles.